The lowest BCUT2D eigenvalue weighted by molar-refractivity contribution is -0.141. The number of benzene rings is 1. The fraction of sp³-hybridized carbons (Fsp3) is 0.500. The summed E-state index contributed by atoms with van der Waals surface area (Å²) in [6.45, 7) is 4.91. The zero-order valence-electron chi connectivity index (χ0n) is 13.2. The van der Waals surface area contributed by atoms with Crippen LogP contribution in [-0.4, -0.2) is 44.0 Å². The first-order valence-electron chi connectivity index (χ1n) is 7.08. The van der Waals surface area contributed by atoms with E-state index in [0.29, 0.717) is 12.5 Å². The molecule has 5 nitrogen and oxygen atoms in total. The Kier molecular flexibility index (Phi) is 6.88. The Hall–Kier alpha value is -1.88. The van der Waals surface area contributed by atoms with Crippen LogP contribution in [0.15, 0.2) is 24.3 Å². The Morgan fingerprint density at radius 2 is 1.95 bits per heavy atom. The van der Waals surface area contributed by atoms with Gasteiger partial charge in [0.2, 0.25) is 5.91 Å². The minimum Gasteiger partial charge on any atom is -0.469 e. The summed E-state index contributed by atoms with van der Waals surface area (Å²) in [6, 6.07) is 7.79. The molecular weight excluding hydrogens is 268 g/mol. The molecule has 1 aromatic carbocycles. The molecule has 0 aliphatic carbocycles. The van der Waals surface area contributed by atoms with Gasteiger partial charge in [0.15, 0.2) is 0 Å². The molecule has 0 spiro atoms. The fourth-order valence-electron chi connectivity index (χ4n) is 2.01. The minimum atomic E-state index is -0.271. The largest absolute Gasteiger partial charge is 0.469 e. The molecule has 0 heterocycles. The average molecular weight is 292 g/mol. The molecule has 0 saturated heterocycles. The van der Waals surface area contributed by atoms with Crippen LogP contribution in [0, 0.1) is 0 Å². The van der Waals surface area contributed by atoms with Gasteiger partial charge in [-0.15, -0.1) is 0 Å². The zero-order chi connectivity index (χ0) is 15.8. The molecule has 0 aliphatic rings. The van der Waals surface area contributed by atoms with Crippen LogP contribution in [0.3, 0.4) is 0 Å². The van der Waals surface area contributed by atoms with Gasteiger partial charge in [0.1, 0.15) is 0 Å². The van der Waals surface area contributed by atoms with Crippen LogP contribution >= 0.6 is 0 Å². The van der Waals surface area contributed by atoms with Gasteiger partial charge in [-0.2, -0.15) is 0 Å². The fourth-order valence-corrected chi connectivity index (χ4v) is 2.01. The number of esters is 1. The van der Waals surface area contributed by atoms with Crippen molar-refractivity contribution in [1.29, 1.82) is 0 Å². The number of amides is 1. The SMILES string of the molecule is COC(=O)CCN(C)CC(=O)Nc1ccccc1C(C)C. The van der Waals surface area contributed by atoms with Crippen LogP contribution in [0.1, 0.15) is 31.7 Å². The Morgan fingerprint density at radius 1 is 1.29 bits per heavy atom. The molecule has 21 heavy (non-hydrogen) atoms. The second-order valence-corrected chi connectivity index (χ2v) is 5.35. The molecule has 0 bridgehead atoms. The number of anilines is 1. The number of rotatable bonds is 7. The molecule has 0 fully saturated rings. The van der Waals surface area contributed by atoms with Crippen molar-refractivity contribution in [1.82, 2.24) is 4.90 Å². The predicted molar refractivity (Wildman–Crippen MR) is 83.3 cm³/mol. The molecule has 0 aromatic heterocycles. The average Bonchev–Trinajstić information content (AvgIpc) is 2.44. The van der Waals surface area contributed by atoms with E-state index in [-0.39, 0.29) is 24.8 Å². The number of likely N-dealkylation sites (N-methyl/N-ethyl adjacent to an activating group) is 1. The van der Waals surface area contributed by atoms with E-state index in [1.54, 1.807) is 11.9 Å². The first-order chi connectivity index (χ1) is 9.93. The van der Waals surface area contributed by atoms with Gasteiger partial charge in [0.25, 0.3) is 0 Å². The number of nitrogens with zero attached hydrogens (tertiary/aromatic N) is 1. The highest BCUT2D eigenvalue weighted by molar-refractivity contribution is 5.93. The van der Waals surface area contributed by atoms with Gasteiger partial charge in [0, 0.05) is 12.2 Å². The second kappa shape index (κ2) is 8.42. The van der Waals surface area contributed by atoms with Crippen molar-refractivity contribution in [3.8, 4) is 0 Å². The number of para-hydroxylation sites is 1. The Labute approximate surface area is 126 Å². The zero-order valence-corrected chi connectivity index (χ0v) is 13.2. The van der Waals surface area contributed by atoms with Gasteiger partial charge < -0.3 is 10.1 Å². The third-order valence-corrected chi connectivity index (χ3v) is 3.20. The Balaban J connectivity index is 2.52. The van der Waals surface area contributed by atoms with Crippen LogP contribution in [0.5, 0.6) is 0 Å². The number of methoxy groups -OCH3 is 1. The quantitative estimate of drug-likeness (QED) is 0.783. The first-order valence-corrected chi connectivity index (χ1v) is 7.08. The summed E-state index contributed by atoms with van der Waals surface area (Å²) in [5.74, 6) is -0.0126. The topological polar surface area (TPSA) is 58.6 Å². The van der Waals surface area contributed by atoms with Gasteiger partial charge in [-0.3, -0.25) is 14.5 Å². The van der Waals surface area contributed by atoms with E-state index in [2.05, 4.69) is 23.9 Å². The number of nitrogens with one attached hydrogen (secondary N) is 1. The smallest absolute Gasteiger partial charge is 0.306 e. The Bertz CT molecular complexity index is 486. The lowest BCUT2D eigenvalue weighted by atomic mass is 10.0. The van der Waals surface area contributed by atoms with Crippen molar-refractivity contribution in [2.24, 2.45) is 0 Å². The summed E-state index contributed by atoms with van der Waals surface area (Å²) in [5, 5.41) is 2.93. The molecule has 1 aromatic rings. The molecule has 1 N–H and O–H groups in total. The van der Waals surface area contributed by atoms with Crippen molar-refractivity contribution >= 4 is 17.6 Å². The van der Waals surface area contributed by atoms with Crippen LogP contribution in [0.4, 0.5) is 5.69 Å². The molecule has 0 radical (unpaired) electrons. The van der Waals surface area contributed by atoms with Crippen LogP contribution in [-0.2, 0) is 14.3 Å². The summed E-state index contributed by atoms with van der Waals surface area (Å²) in [4.78, 5) is 24.9. The van der Waals surface area contributed by atoms with Crippen LogP contribution in [0.2, 0.25) is 0 Å². The summed E-state index contributed by atoms with van der Waals surface area (Å²) < 4.78 is 4.58. The second-order valence-electron chi connectivity index (χ2n) is 5.35. The van der Waals surface area contributed by atoms with Gasteiger partial charge in [-0.1, -0.05) is 32.0 Å². The molecule has 5 heteroatoms. The maximum Gasteiger partial charge on any atom is 0.306 e. The maximum absolute atomic E-state index is 12.0. The third-order valence-electron chi connectivity index (χ3n) is 3.20. The lowest BCUT2D eigenvalue weighted by Crippen LogP contribution is -2.32. The van der Waals surface area contributed by atoms with Crippen molar-refractivity contribution in [3.63, 3.8) is 0 Å². The number of carbonyl (C=O) groups excluding carboxylic acids is 2. The Morgan fingerprint density at radius 3 is 2.57 bits per heavy atom. The van der Waals surface area contributed by atoms with Gasteiger partial charge in [-0.05, 0) is 24.6 Å². The number of hydrogen-bond acceptors (Lipinski definition) is 4. The summed E-state index contributed by atoms with van der Waals surface area (Å²) >= 11 is 0. The van der Waals surface area contributed by atoms with E-state index in [1.807, 2.05) is 24.3 Å². The van der Waals surface area contributed by atoms with Gasteiger partial charge >= 0.3 is 5.97 Å². The van der Waals surface area contributed by atoms with E-state index in [4.69, 9.17) is 0 Å². The van der Waals surface area contributed by atoms with Gasteiger partial charge in [0.05, 0.1) is 20.1 Å². The van der Waals surface area contributed by atoms with Crippen LogP contribution in [0.25, 0.3) is 0 Å². The molecule has 0 unspecified atom stereocenters. The standard InChI is InChI=1S/C16H24N2O3/c1-12(2)13-7-5-6-8-14(13)17-15(19)11-18(3)10-9-16(20)21-4/h5-8,12H,9-11H2,1-4H3,(H,17,19). The van der Waals surface area contributed by atoms with E-state index < -0.39 is 0 Å². The molecule has 0 aliphatic heterocycles. The lowest BCUT2D eigenvalue weighted by Gasteiger charge is -2.17. The highest BCUT2D eigenvalue weighted by atomic mass is 16.5. The normalized spacial score (nSPS) is 10.8. The van der Waals surface area contributed by atoms with Crippen molar-refractivity contribution in [3.05, 3.63) is 29.8 Å². The minimum absolute atomic E-state index is 0.0875. The first kappa shape index (κ1) is 17.2. The van der Waals surface area contributed by atoms with Gasteiger partial charge in [-0.25, -0.2) is 0 Å². The molecule has 1 amide bonds. The van der Waals surface area contributed by atoms with Crippen molar-refractivity contribution < 1.29 is 14.3 Å². The number of ether oxygens (including phenoxy) is 1. The van der Waals surface area contributed by atoms with E-state index in [9.17, 15) is 9.59 Å². The predicted octanol–water partition coefficient (Wildman–Crippen LogP) is 2.24. The molecule has 116 valence electrons. The van der Waals surface area contributed by atoms with E-state index in [0.717, 1.165) is 11.3 Å². The third kappa shape index (κ3) is 5.95. The highest BCUT2D eigenvalue weighted by Gasteiger charge is 2.12. The van der Waals surface area contributed by atoms with E-state index in [1.165, 1.54) is 7.11 Å². The number of carbonyl (C=O) groups is 2. The molecule has 0 atom stereocenters. The van der Waals surface area contributed by atoms with Crippen molar-refractivity contribution in [2.75, 3.05) is 32.6 Å². The number of hydrogen-bond donors (Lipinski definition) is 1. The van der Waals surface area contributed by atoms with Crippen molar-refractivity contribution in [2.45, 2.75) is 26.2 Å². The molecular formula is C16H24N2O3. The molecule has 1 rings (SSSR count). The summed E-state index contributed by atoms with van der Waals surface area (Å²) in [7, 11) is 3.16. The highest BCUT2D eigenvalue weighted by Crippen LogP contribution is 2.23. The monoisotopic (exact) mass is 292 g/mol. The maximum atomic E-state index is 12.0. The van der Waals surface area contributed by atoms with E-state index >= 15 is 0 Å². The molecule has 0 saturated carbocycles. The summed E-state index contributed by atoms with van der Waals surface area (Å²) in [6.07, 6.45) is 0.281. The summed E-state index contributed by atoms with van der Waals surface area (Å²) in [5.41, 5.74) is 1.96. The van der Waals surface area contributed by atoms with Crippen LogP contribution < -0.4 is 5.32 Å².